The van der Waals surface area contributed by atoms with Crippen LogP contribution in [0.1, 0.15) is 18.1 Å². The average Bonchev–Trinajstić information content (AvgIpc) is 2.61. The van der Waals surface area contributed by atoms with Crippen molar-refractivity contribution in [2.24, 2.45) is 0 Å². The number of carbonyl (C=O) groups excluding carboxylic acids is 3. The van der Waals surface area contributed by atoms with Crippen LogP contribution in [0.4, 0.5) is 5.69 Å². The van der Waals surface area contributed by atoms with Gasteiger partial charge in [-0.2, -0.15) is 0 Å². The summed E-state index contributed by atoms with van der Waals surface area (Å²) in [6.07, 6.45) is 0.264. The highest BCUT2D eigenvalue weighted by atomic mass is 16.3. The van der Waals surface area contributed by atoms with Crippen LogP contribution in [0.3, 0.4) is 0 Å². The Balaban J connectivity index is 2.05. The molecule has 0 radical (unpaired) electrons. The number of ketones is 2. The SMILES string of the molecule is CC(=O)C(=O)Cc1ccc(CC(=O)N(CCO)c2ccccc2)cc1. The summed E-state index contributed by atoms with van der Waals surface area (Å²) in [7, 11) is 0. The molecule has 0 aromatic heterocycles. The van der Waals surface area contributed by atoms with Gasteiger partial charge in [-0.15, -0.1) is 0 Å². The molecule has 0 saturated carbocycles. The normalized spacial score (nSPS) is 10.3. The summed E-state index contributed by atoms with van der Waals surface area (Å²) in [6, 6.07) is 16.3. The lowest BCUT2D eigenvalue weighted by molar-refractivity contribution is -0.134. The van der Waals surface area contributed by atoms with Gasteiger partial charge in [0.1, 0.15) is 0 Å². The summed E-state index contributed by atoms with van der Waals surface area (Å²) in [5.74, 6) is -1.00. The quantitative estimate of drug-likeness (QED) is 0.746. The summed E-state index contributed by atoms with van der Waals surface area (Å²) < 4.78 is 0. The molecule has 2 aromatic rings. The minimum Gasteiger partial charge on any atom is -0.395 e. The van der Waals surface area contributed by atoms with E-state index in [0.717, 1.165) is 16.8 Å². The Morgan fingerprint density at radius 1 is 0.880 bits per heavy atom. The number of hydrogen-bond donors (Lipinski definition) is 1. The Hall–Kier alpha value is -2.79. The van der Waals surface area contributed by atoms with Crippen molar-refractivity contribution < 1.29 is 19.5 Å². The third kappa shape index (κ3) is 5.36. The molecule has 0 fully saturated rings. The molecule has 0 spiro atoms. The Morgan fingerprint density at radius 3 is 1.96 bits per heavy atom. The van der Waals surface area contributed by atoms with E-state index in [-0.39, 0.29) is 31.9 Å². The number of amides is 1. The number of aliphatic hydroxyl groups excluding tert-OH is 1. The molecule has 0 atom stereocenters. The molecule has 0 aliphatic carbocycles. The Morgan fingerprint density at radius 2 is 1.44 bits per heavy atom. The topological polar surface area (TPSA) is 74.7 Å². The van der Waals surface area contributed by atoms with Crippen LogP contribution in [0, 0.1) is 0 Å². The van der Waals surface area contributed by atoms with E-state index in [4.69, 9.17) is 0 Å². The highest BCUT2D eigenvalue weighted by molar-refractivity contribution is 6.36. The first-order valence-electron chi connectivity index (χ1n) is 8.09. The molecule has 2 rings (SSSR count). The number of aliphatic hydroxyl groups is 1. The Kier molecular flexibility index (Phi) is 6.60. The summed E-state index contributed by atoms with van der Waals surface area (Å²) in [5, 5.41) is 9.22. The van der Waals surface area contributed by atoms with Crippen molar-refractivity contribution in [1.29, 1.82) is 0 Å². The van der Waals surface area contributed by atoms with Crippen LogP contribution in [0.15, 0.2) is 54.6 Å². The zero-order valence-electron chi connectivity index (χ0n) is 14.1. The molecule has 0 aliphatic rings. The summed E-state index contributed by atoms with van der Waals surface area (Å²) in [6.45, 7) is 1.37. The standard InChI is InChI=1S/C20H21NO4/c1-15(23)19(24)13-16-7-9-17(10-8-16)14-20(25)21(11-12-22)18-5-3-2-4-6-18/h2-10,22H,11-14H2,1H3. The number of para-hydroxylation sites is 1. The molecule has 0 unspecified atom stereocenters. The Bertz CT molecular complexity index is 738. The number of Topliss-reactive ketones (excluding diaryl/α,β-unsaturated/α-hetero) is 2. The van der Waals surface area contributed by atoms with Crippen molar-refractivity contribution in [2.75, 3.05) is 18.1 Å². The number of nitrogens with zero attached hydrogens (tertiary/aromatic N) is 1. The third-order valence-electron chi connectivity index (χ3n) is 3.83. The maximum atomic E-state index is 12.6. The highest BCUT2D eigenvalue weighted by Gasteiger charge is 2.16. The smallest absolute Gasteiger partial charge is 0.231 e. The lowest BCUT2D eigenvalue weighted by Gasteiger charge is -2.22. The van der Waals surface area contributed by atoms with Crippen molar-refractivity contribution in [3.63, 3.8) is 0 Å². The molecule has 5 heteroatoms. The first-order valence-corrected chi connectivity index (χ1v) is 8.09. The maximum absolute atomic E-state index is 12.6. The second kappa shape index (κ2) is 8.89. The fraction of sp³-hybridized carbons (Fsp3) is 0.250. The largest absolute Gasteiger partial charge is 0.395 e. The van der Waals surface area contributed by atoms with Gasteiger partial charge in [-0.25, -0.2) is 0 Å². The van der Waals surface area contributed by atoms with Gasteiger partial charge in [0.05, 0.1) is 13.0 Å². The predicted molar refractivity (Wildman–Crippen MR) is 95.4 cm³/mol. The highest BCUT2D eigenvalue weighted by Crippen LogP contribution is 2.15. The van der Waals surface area contributed by atoms with E-state index in [1.165, 1.54) is 6.92 Å². The van der Waals surface area contributed by atoms with Crippen LogP contribution >= 0.6 is 0 Å². The molecule has 2 aromatic carbocycles. The van der Waals surface area contributed by atoms with Gasteiger partial charge >= 0.3 is 0 Å². The second-order valence-corrected chi connectivity index (χ2v) is 5.75. The number of benzene rings is 2. The average molecular weight is 339 g/mol. The molecular weight excluding hydrogens is 318 g/mol. The predicted octanol–water partition coefficient (Wildman–Crippen LogP) is 1.96. The van der Waals surface area contributed by atoms with E-state index < -0.39 is 11.6 Å². The van der Waals surface area contributed by atoms with Gasteiger partial charge in [0, 0.05) is 25.6 Å². The van der Waals surface area contributed by atoms with Gasteiger partial charge in [0.25, 0.3) is 0 Å². The molecule has 1 N–H and O–H groups in total. The lowest BCUT2D eigenvalue weighted by Crippen LogP contribution is -2.34. The fourth-order valence-electron chi connectivity index (χ4n) is 2.46. The molecular formula is C20H21NO4. The molecule has 25 heavy (non-hydrogen) atoms. The first-order chi connectivity index (χ1) is 12.0. The van der Waals surface area contributed by atoms with Gasteiger partial charge in [-0.3, -0.25) is 14.4 Å². The summed E-state index contributed by atoms with van der Waals surface area (Å²) in [5.41, 5.74) is 2.29. The molecule has 130 valence electrons. The van der Waals surface area contributed by atoms with Gasteiger partial charge in [-0.1, -0.05) is 42.5 Å². The fourth-order valence-corrected chi connectivity index (χ4v) is 2.46. The molecule has 1 amide bonds. The maximum Gasteiger partial charge on any atom is 0.231 e. The van der Waals surface area contributed by atoms with Gasteiger partial charge in [0.15, 0.2) is 5.78 Å². The number of hydrogen-bond acceptors (Lipinski definition) is 4. The van der Waals surface area contributed by atoms with E-state index in [9.17, 15) is 19.5 Å². The van der Waals surface area contributed by atoms with Crippen molar-refractivity contribution >= 4 is 23.2 Å². The second-order valence-electron chi connectivity index (χ2n) is 5.75. The van der Waals surface area contributed by atoms with E-state index in [2.05, 4.69) is 0 Å². The van der Waals surface area contributed by atoms with Crippen LogP contribution in [0.5, 0.6) is 0 Å². The number of carbonyl (C=O) groups is 3. The van der Waals surface area contributed by atoms with E-state index in [1.807, 2.05) is 30.3 Å². The molecule has 0 aliphatic heterocycles. The molecule has 0 heterocycles. The third-order valence-corrected chi connectivity index (χ3v) is 3.83. The van der Waals surface area contributed by atoms with Gasteiger partial charge in [-0.05, 0) is 23.3 Å². The monoisotopic (exact) mass is 339 g/mol. The number of rotatable bonds is 8. The number of anilines is 1. The molecule has 0 bridgehead atoms. The lowest BCUT2D eigenvalue weighted by atomic mass is 10.0. The van der Waals surface area contributed by atoms with E-state index >= 15 is 0 Å². The van der Waals surface area contributed by atoms with Crippen LogP contribution < -0.4 is 4.90 Å². The zero-order chi connectivity index (χ0) is 18.2. The Labute approximate surface area is 146 Å². The minimum absolute atomic E-state index is 0.0736. The van der Waals surface area contributed by atoms with Crippen LogP contribution in [0.25, 0.3) is 0 Å². The van der Waals surface area contributed by atoms with Crippen molar-refractivity contribution in [1.82, 2.24) is 0 Å². The zero-order valence-corrected chi connectivity index (χ0v) is 14.1. The van der Waals surface area contributed by atoms with Crippen molar-refractivity contribution in [2.45, 2.75) is 19.8 Å². The van der Waals surface area contributed by atoms with Gasteiger partial charge in [0.2, 0.25) is 11.7 Å². The van der Waals surface area contributed by atoms with Crippen LogP contribution in [-0.4, -0.2) is 35.7 Å². The van der Waals surface area contributed by atoms with Crippen LogP contribution in [-0.2, 0) is 27.2 Å². The minimum atomic E-state index is -0.457. The molecule has 0 saturated heterocycles. The van der Waals surface area contributed by atoms with E-state index in [1.54, 1.807) is 29.2 Å². The van der Waals surface area contributed by atoms with Gasteiger partial charge < -0.3 is 10.0 Å². The first kappa shape index (κ1) is 18.5. The summed E-state index contributed by atoms with van der Waals surface area (Å²) in [4.78, 5) is 36.6. The van der Waals surface area contributed by atoms with E-state index in [0.29, 0.717) is 0 Å². The summed E-state index contributed by atoms with van der Waals surface area (Å²) >= 11 is 0. The molecule has 5 nitrogen and oxygen atoms in total. The van der Waals surface area contributed by atoms with Crippen LogP contribution in [0.2, 0.25) is 0 Å². The van der Waals surface area contributed by atoms with Crippen molar-refractivity contribution in [3.05, 3.63) is 65.7 Å². The van der Waals surface area contributed by atoms with Crippen molar-refractivity contribution in [3.8, 4) is 0 Å².